The Labute approximate surface area is 214 Å². The maximum atomic E-state index is 13.8. The number of amides is 2. The van der Waals surface area contributed by atoms with Gasteiger partial charge in [-0.1, -0.05) is 54.1 Å². The first-order valence-corrected chi connectivity index (χ1v) is 11.6. The largest absolute Gasteiger partial charge is 0.416 e. The first-order chi connectivity index (χ1) is 17.2. The fourth-order valence-corrected chi connectivity index (χ4v) is 4.04. The maximum absolute atomic E-state index is 13.8. The summed E-state index contributed by atoms with van der Waals surface area (Å²) in [5.74, 6) is -1.93. The average Bonchev–Trinajstić information content (AvgIpc) is 2.87. The van der Waals surface area contributed by atoms with Crippen molar-refractivity contribution in [3.05, 3.63) is 101 Å². The first-order valence-electron chi connectivity index (χ1n) is 10.6. The van der Waals surface area contributed by atoms with Gasteiger partial charge in [0.1, 0.15) is 5.88 Å². The van der Waals surface area contributed by atoms with Gasteiger partial charge in [-0.2, -0.15) is 13.2 Å². The van der Waals surface area contributed by atoms with Crippen LogP contribution in [0, 0.1) is 0 Å². The van der Waals surface area contributed by atoms with E-state index in [1.165, 1.54) is 24.4 Å². The van der Waals surface area contributed by atoms with Gasteiger partial charge < -0.3 is 10.2 Å². The van der Waals surface area contributed by atoms with Crippen molar-refractivity contribution >= 4 is 57.2 Å². The minimum absolute atomic E-state index is 0.0204. The lowest BCUT2D eigenvalue weighted by Gasteiger charge is -2.25. The van der Waals surface area contributed by atoms with Crippen LogP contribution in [0.25, 0.3) is 10.8 Å². The Morgan fingerprint density at radius 3 is 2.44 bits per heavy atom. The molecule has 0 spiro atoms. The summed E-state index contributed by atoms with van der Waals surface area (Å²) in [6, 6.07) is 18.6. The smallest absolute Gasteiger partial charge is 0.319 e. The molecule has 0 unspecified atom stereocenters. The number of pyridine rings is 1. The summed E-state index contributed by atoms with van der Waals surface area (Å²) >= 11 is 11.8. The molecule has 0 saturated carbocycles. The number of halogens is 5. The third-order valence-corrected chi connectivity index (χ3v) is 5.98. The minimum atomic E-state index is -4.77. The Morgan fingerprint density at radius 2 is 1.72 bits per heavy atom. The molecule has 10 heteroatoms. The van der Waals surface area contributed by atoms with Gasteiger partial charge in [0.05, 0.1) is 17.8 Å². The monoisotopic (exact) mass is 531 g/mol. The Morgan fingerprint density at radius 1 is 0.972 bits per heavy atom. The number of hydrogen-bond acceptors (Lipinski definition) is 3. The van der Waals surface area contributed by atoms with Gasteiger partial charge in [0.2, 0.25) is 5.91 Å². The summed E-state index contributed by atoms with van der Waals surface area (Å²) in [6.45, 7) is -0.0519. The summed E-state index contributed by atoms with van der Waals surface area (Å²) in [5.41, 5.74) is -0.687. The van der Waals surface area contributed by atoms with Crippen LogP contribution in [0.1, 0.15) is 21.5 Å². The molecule has 0 aliphatic rings. The normalized spacial score (nSPS) is 11.4. The zero-order chi connectivity index (χ0) is 25.9. The van der Waals surface area contributed by atoms with Crippen molar-refractivity contribution in [2.24, 2.45) is 0 Å². The van der Waals surface area contributed by atoms with Crippen LogP contribution < -0.4 is 10.2 Å². The molecule has 1 N–H and O–H groups in total. The number of hydrogen-bond donors (Lipinski definition) is 1. The zero-order valence-corrected chi connectivity index (χ0v) is 20.0. The average molecular weight is 532 g/mol. The molecule has 4 aromatic rings. The van der Waals surface area contributed by atoms with Crippen LogP contribution in [0.15, 0.2) is 79.0 Å². The molecule has 0 aliphatic carbocycles. The lowest BCUT2D eigenvalue weighted by Crippen LogP contribution is -2.32. The SMILES string of the molecule is O=C(Nc1cccnc1Cl)c1cc(N(Cc2cccc3ccccc23)C(=O)CCl)cc(C(F)(F)F)c1. The maximum Gasteiger partial charge on any atom is 0.416 e. The molecule has 0 atom stereocenters. The number of benzene rings is 3. The van der Waals surface area contributed by atoms with E-state index in [0.717, 1.165) is 21.7 Å². The van der Waals surface area contributed by atoms with E-state index < -0.39 is 29.4 Å². The minimum Gasteiger partial charge on any atom is -0.319 e. The van der Waals surface area contributed by atoms with Gasteiger partial charge in [-0.15, -0.1) is 11.6 Å². The molecule has 184 valence electrons. The fourth-order valence-electron chi connectivity index (χ4n) is 3.73. The van der Waals surface area contributed by atoms with Gasteiger partial charge >= 0.3 is 6.18 Å². The second-order valence-electron chi connectivity index (χ2n) is 7.81. The predicted molar refractivity (Wildman–Crippen MR) is 135 cm³/mol. The highest BCUT2D eigenvalue weighted by Gasteiger charge is 2.33. The predicted octanol–water partition coefficient (Wildman–Crippen LogP) is 6.93. The van der Waals surface area contributed by atoms with Crippen LogP contribution in [0.3, 0.4) is 0 Å². The van der Waals surface area contributed by atoms with E-state index in [1.54, 1.807) is 12.1 Å². The number of carbonyl (C=O) groups excluding carboxylic acids is 2. The number of carbonyl (C=O) groups is 2. The van der Waals surface area contributed by atoms with Crippen molar-refractivity contribution < 1.29 is 22.8 Å². The van der Waals surface area contributed by atoms with Crippen molar-refractivity contribution in [1.82, 2.24) is 4.98 Å². The molecular weight excluding hydrogens is 514 g/mol. The van der Waals surface area contributed by atoms with Gasteiger partial charge in [0.25, 0.3) is 5.91 Å². The van der Waals surface area contributed by atoms with Crippen LogP contribution in [-0.2, 0) is 17.5 Å². The summed E-state index contributed by atoms with van der Waals surface area (Å²) < 4.78 is 41.4. The Kier molecular flexibility index (Phi) is 7.47. The highest BCUT2D eigenvalue weighted by molar-refractivity contribution is 6.32. The van der Waals surface area contributed by atoms with Crippen LogP contribution >= 0.6 is 23.2 Å². The standard InChI is InChI=1S/C26H18Cl2F3N3O2/c27-14-23(35)34(15-17-7-3-6-16-5-1-2-8-21(16)17)20-12-18(11-19(13-20)26(29,30)31)25(36)33-22-9-4-10-32-24(22)28/h1-13H,14-15H2,(H,33,36). The highest BCUT2D eigenvalue weighted by Crippen LogP contribution is 2.34. The van der Waals surface area contributed by atoms with Crippen molar-refractivity contribution in [3.8, 4) is 0 Å². The van der Waals surface area contributed by atoms with E-state index in [-0.39, 0.29) is 28.6 Å². The van der Waals surface area contributed by atoms with Crippen molar-refractivity contribution in [2.45, 2.75) is 12.7 Å². The van der Waals surface area contributed by atoms with E-state index in [2.05, 4.69) is 10.3 Å². The van der Waals surface area contributed by atoms with Crippen LogP contribution in [-0.4, -0.2) is 22.7 Å². The van der Waals surface area contributed by atoms with Crippen molar-refractivity contribution in [3.63, 3.8) is 0 Å². The molecular formula is C26H18Cl2F3N3O2. The van der Waals surface area contributed by atoms with Crippen LogP contribution in [0.5, 0.6) is 0 Å². The summed E-state index contributed by atoms with van der Waals surface area (Å²) in [6.07, 6.45) is -3.37. The molecule has 2 amide bonds. The number of anilines is 2. The molecule has 1 heterocycles. The second kappa shape index (κ2) is 10.6. The van der Waals surface area contributed by atoms with Crippen molar-refractivity contribution in [2.75, 3.05) is 16.1 Å². The quantitative estimate of drug-likeness (QED) is 0.216. The van der Waals surface area contributed by atoms with E-state index in [4.69, 9.17) is 23.2 Å². The molecule has 0 fully saturated rings. The molecule has 0 aliphatic heterocycles. The zero-order valence-electron chi connectivity index (χ0n) is 18.5. The van der Waals surface area contributed by atoms with E-state index >= 15 is 0 Å². The Hall–Kier alpha value is -3.62. The molecule has 0 bridgehead atoms. The van der Waals surface area contributed by atoms with Crippen LogP contribution in [0.2, 0.25) is 5.15 Å². The lowest BCUT2D eigenvalue weighted by atomic mass is 10.0. The molecule has 0 radical (unpaired) electrons. The summed E-state index contributed by atoms with van der Waals surface area (Å²) in [4.78, 5) is 30.7. The Balaban J connectivity index is 1.79. The molecule has 5 nitrogen and oxygen atoms in total. The molecule has 4 rings (SSSR count). The van der Waals surface area contributed by atoms with Crippen LogP contribution in [0.4, 0.5) is 24.5 Å². The van der Waals surface area contributed by atoms with Gasteiger partial charge in [-0.3, -0.25) is 9.59 Å². The highest BCUT2D eigenvalue weighted by atomic mass is 35.5. The number of nitrogens with one attached hydrogen (secondary N) is 1. The third-order valence-electron chi connectivity index (χ3n) is 5.45. The molecule has 0 saturated heterocycles. The molecule has 36 heavy (non-hydrogen) atoms. The topological polar surface area (TPSA) is 62.3 Å². The number of rotatable bonds is 6. The second-order valence-corrected chi connectivity index (χ2v) is 8.44. The van der Waals surface area contributed by atoms with Crippen molar-refractivity contribution in [1.29, 1.82) is 0 Å². The number of fused-ring (bicyclic) bond motifs is 1. The molecule has 1 aromatic heterocycles. The van der Waals surface area contributed by atoms with E-state index in [0.29, 0.717) is 11.6 Å². The summed E-state index contributed by atoms with van der Waals surface area (Å²) in [7, 11) is 0. The summed E-state index contributed by atoms with van der Waals surface area (Å²) in [5, 5.41) is 4.18. The lowest BCUT2D eigenvalue weighted by molar-refractivity contribution is -0.137. The Bertz CT molecular complexity index is 1440. The number of aromatic nitrogens is 1. The van der Waals surface area contributed by atoms with Gasteiger partial charge in [0.15, 0.2) is 5.15 Å². The third kappa shape index (κ3) is 5.61. The molecule has 3 aromatic carbocycles. The van der Waals surface area contributed by atoms with E-state index in [1.807, 2.05) is 30.3 Å². The van der Waals surface area contributed by atoms with Gasteiger partial charge in [0, 0.05) is 17.4 Å². The fraction of sp³-hybridized carbons (Fsp3) is 0.115. The first kappa shape index (κ1) is 25.5. The van der Waals surface area contributed by atoms with E-state index in [9.17, 15) is 22.8 Å². The van der Waals surface area contributed by atoms with Gasteiger partial charge in [-0.25, -0.2) is 4.98 Å². The number of nitrogens with zero attached hydrogens (tertiary/aromatic N) is 2. The van der Waals surface area contributed by atoms with Gasteiger partial charge in [-0.05, 0) is 46.7 Å². The number of alkyl halides is 4.